The van der Waals surface area contributed by atoms with Crippen LogP contribution in [0, 0.1) is 11.6 Å². The molecule has 0 saturated carbocycles. The Kier molecular flexibility index (Phi) is 5.55. The third kappa shape index (κ3) is 4.55. The topological polar surface area (TPSA) is 76.1 Å². The molecule has 0 bridgehead atoms. The average molecular weight is 370 g/mol. The summed E-state index contributed by atoms with van der Waals surface area (Å²) in [6, 6.07) is 11.8. The summed E-state index contributed by atoms with van der Waals surface area (Å²) >= 11 is 0. The smallest absolute Gasteiger partial charge is 0.274 e. The van der Waals surface area contributed by atoms with Gasteiger partial charge in [0.15, 0.2) is 11.6 Å². The Morgan fingerprint density at radius 3 is 2.70 bits per heavy atom. The van der Waals surface area contributed by atoms with Crippen LogP contribution < -0.4 is 15.4 Å². The van der Waals surface area contributed by atoms with Crippen LogP contribution in [-0.4, -0.2) is 22.5 Å². The van der Waals surface area contributed by atoms with E-state index in [1.807, 2.05) is 6.92 Å². The number of benzene rings is 2. The molecule has 6 nitrogen and oxygen atoms in total. The van der Waals surface area contributed by atoms with Crippen molar-refractivity contribution in [3.63, 3.8) is 0 Å². The van der Waals surface area contributed by atoms with E-state index in [1.165, 1.54) is 18.3 Å². The highest BCUT2D eigenvalue weighted by Gasteiger charge is 2.12. The van der Waals surface area contributed by atoms with E-state index >= 15 is 0 Å². The van der Waals surface area contributed by atoms with Gasteiger partial charge < -0.3 is 15.4 Å². The Morgan fingerprint density at radius 2 is 1.93 bits per heavy atom. The third-order valence-electron chi connectivity index (χ3n) is 3.50. The fourth-order valence-corrected chi connectivity index (χ4v) is 2.29. The highest BCUT2D eigenvalue weighted by atomic mass is 19.2. The lowest BCUT2D eigenvalue weighted by atomic mass is 10.2. The quantitative estimate of drug-likeness (QED) is 0.682. The minimum absolute atomic E-state index is 0.0757. The van der Waals surface area contributed by atoms with Gasteiger partial charge in [0, 0.05) is 18.0 Å². The van der Waals surface area contributed by atoms with Crippen LogP contribution in [0.2, 0.25) is 0 Å². The second-order valence-corrected chi connectivity index (χ2v) is 5.40. The van der Waals surface area contributed by atoms with Crippen LogP contribution in [0.5, 0.6) is 5.75 Å². The number of aromatic nitrogens is 2. The lowest BCUT2D eigenvalue weighted by molar-refractivity contribution is 0.102. The summed E-state index contributed by atoms with van der Waals surface area (Å²) in [6.45, 7) is 2.31. The first-order chi connectivity index (χ1) is 13.1. The molecule has 0 aliphatic rings. The van der Waals surface area contributed by atoms with E-state index in [9.17, 15) is 13.6 Å². The number of amides is 1. The molecule has 0 atom stereocenters. The van der Waals surface area contributed by atoms with Crippen molar-refractivity contribution < 1.29 is 18.3 Å². The first-order valence-electron chi connectivity index (χ1n) is 8.15. The molecule has 0 spiro atoms. The highest BCUT2D eigenvalue weighted by Crippen LogP contribution is 2.24. The summed E-state index contributed by atoms with van der Waals surface area (Å²) in [6.07, 6.45) is 1.39. The van der Waals surface area contributed by atoms with Crippen molar-refractivity contribution in [3.05, 3.63) is 72.1 Å². The molecular weight excluding hydrogens is 354 g/mol. The first kappa shape index (κ1) is 18.2. The zero-order chi connectivity index (χ0) is 19.2. The molecule has 1 amide bonds. The van der Waals surface area contributed by atoms with Crippen LogP contribution in [0.3, 0.4) is 0 Å². The molecule has 2 aromatic carbocycles. The Labute approximate surface area is 154 Å². The zero-order valence-electron chi connectivity index (χ0n) is 14.4. The predicted octanol–water partition coefficient (Wildman–Crippen LogP) is 4.15. The molecule has 0 fully saturated rings. The number of nitrogens with one attached hydrogen (secondary N) is 2. The van der Waals surface area contributed by atoms with Crippen LogP contribution in [-0.2, 0) is 0 Å². The maximum absolute atomic E-state index is 13.3. The van der Waals surface area contributed by atoms with Gasteiger partial charge in [0.1, 0.15) is 11.4 Å². The summed E-state index contributed by atoms with van der Waals surface area (Å²) in [7, 11) is 0. The highest BCUT2D eigenvalue weighted by molar-refractivity contribution is 6.03. The summed E-state index contributed by atoms with van der Waals surface area (Å²) in [4.78, 5) is 20.6. The van der Waals surface area contributed by atoms with Gasteiger partial charge in [-0.2, -0.15) is 0 Å². The minimum atomic E-state index is -0.999. The summed E-state index contributed by atoms with van der Waals surface area (Å²) in [5.41, 5.74) is 0.868. The lowest BCUT2D eigenvalue weighted by Crippen LogP contribution is -2.15. The van der Waals surface area contributed by atoms with Gasteiger partial charge in [-0.3, -0.25) is 4.79 Å². The number of nitrogens with zero attached hydrogens (tertiary/aromatic N) is 2. The third-order valence-corrected chi connectivity index (χ3v) is 3.50. The van der Waals surface area contributed by atoms with E-state index < -0.39 is 17.5 Å². The van der Waals surface area contributed by atoms with E-state index in [4.69, 9.17) is 4.74 Å². The summed E-state index contributed by atoms with van der Waals surface area (Å²) in [5.74, 6) is -1.80. The molecule has 3 aromatic rings. The molecule has 0 saturated heterocycles. The van der Waals surface area contributed by atoms with Crippen LogP contribution >= 0.6 is 0 Å². The second kappa shape index (κ2) is 8.22. The number of rotatable bonds is 6. The standard InChI is InChI=1S/C19H16F2N4O2/c1-2-27-17-6-4-3-5-15(17)24-18(26)16-9-10-22-19(25-16)23-12-7-8-13(20)14(21)11-12/h3-11H,2H2,1H3,(H,24,26)(H,22,23,25). The number of ether oxygens (including phenoxy) is 1. The van der Waals surface area contributed by atoms with E-state index in [2.05, 4.69) is 20.6 Å². The van der Waals surface area contributed by atoms with Gasteiger partial charge in [0.2, 0.25) is 5.95 Å². The van der Waals surface area contributed by atoms with Gasteiger partial charge in [-0.1, -0.05) is 12.1 Å². The molecule has 0 aliphatic heterocycles. The second-order valence-electron chi connectivity index (χ2n) is 5.40. The molecule has 1 aromatic heterocycles. The average Bonchev–Trinajstić information content (AvgIpc) is 2.67. The van der Waals surface area contributed by atoms with Crippen LogP contribution in [0.25, 0.3) is 0 Å². The fraction of sp³-hybridized carbons (Fsp3) is 0.105. The van der Waals surface area contributed by atoms with Gasteiger partial charge in [-0.05, 0) is 37.3 Å². The number of para-hydroxylation sites is 2. The Morgan fingerprint density at radius 1 is 1.11 bits per heavy atom. The van der Waals surface area contributed by atoms with Gasteiger partial charge in [-0.15, -0.1) is 0 Å². The SMILES string of the molecule is CCOc1ccccc1NC(=O)c1ccnc(Nc2ccc(F)c(F)c2)n1. The molecule has 0 aliphatic carbocycles. The van der Waals surface area contributed by atoms with E-state index in [1.54, 1.807) is 24.3 Å². The van der Waals surface area contributed by atoms with Crippen molar-refractivity contribution in [2.24, 2.45) is 0 Å². The normalized spacial score (nSPS) is 10.3. The summed E-state index contributed by atoms with van der Waals surface area (Å²) < 4.78 is 31.8. The maximum Gasteiger partial charge on any atom is 0.274 e. The number of carbonyl (C=O) groups is 1. The van der Waals surface area contributed by atoms with Gasteiger partial charge in [0.25, 0.3) is 5.91 Å². The van der Waals surface area contributed by atoms with Crippen molar-refractivity contribution >= 4 is 23.2 Å². The number of anilines is 3. The molecular formula is C19H16F2N4O2. The predicted molar refractivity (Wildman–Crippen MR) is 97.2 cm³/mol. The molecule has 2 N–H and O–H groups in total. The zero-order valence-corrected chi connectivity index (χ0v) is 14.4. The van der Waals surface area contributed by atoms with Crippen LogP contribution in [0.4, 0.5) is 26.1 Å². The molecule has 1 heterocycles. The molecule has 0 radical (unpaired) electrons. The molecule has 8 heteroatoms. The van der Waals surface area contributed by atoms with Crippen LogP contribution in [0.15, 0.2) is 54.7 Å². The van der Waals surface area contributed by atoms with Crippen molar-refractivity contribution in [3.8, 4) is 5.75 Å². The number of carbonyl (C=O) groups excluding carboxylic acids is 1. The van der Waals surface area contributed by atoms with Crippen molar-refractivity contribution in [1.29, 1.82) is 0 Å². The number of halogens is 2. The first-order valence-corrected chi connectivity index (χ1v) is 8.15. The molecule has 3 rings (SSSR count). The van der Waals surface area contributed by atoms with Crippen molar-refractivity contribution in [1.82, 2.24) is 9.97 Å². The number of hydrogen-bond acceptors (Lipinski definition) is 5. The van der Waals surface area contributed by atoms with Crippen LogP contribution in [0.1, 0.15) is 17.4 Å². The lowest BCUT2D eigenvalue weighted by Gasteiger charge is -2.11. The minimum Gasteiger partial charge on any atom is -0.492 e. The van der Waals surface area contributed by atoms with E-state index in [0.717, 1.165) is 12.1 Å². The van der Waals surface area contributed by atoms with E-state index in [0.29, 0.717) is 18.0 Å². The monoisotopic (exact) mass is 370 g/mol. The Balaban J connectivity index is 1.76. The Hall–Kier alpha value is -3.55. The van der Waals surface area contributed by atoms with Gasteiger partial charge in [-0.25, -0.2) is 18.7 Å². The van der Waals surface area contributed by atoms with E-state index in [-0.39, 0.29) is 17.3 Å². The van der Waals surface area contributed by atoms with Crippen molar-refractivity contribution in [2.45, 2.75) is 6.92 Å². The fourth-order valence-electron chi connectivity index (χ4n) is 2.29. The Bertz CT molecular complexity index is 966. The molecule has 138 valence electrons. The van der Waals surface area contributed by atoms with Gasteiger partial charge in [0.05, 0.1) is 12.3 Å². The largest absolute Gasteiger partial charge is 0.492 e. The number of hydrogen-bond donors (Lipinski definition) is 2. The maximum atomic E-state index is 13.3. The van der Waals surface area contributed by atoms with Crippen molar-refractivity contribution in [2.75, 3.05) is 17.2 Å². The molecule has 27 heavy (non-hydrogen) atoms. The molecule has 0 unspecified atom stereocenters. The van der Waals surface area contributed by atoms with Gasteiger partial charge >= 0.3 is 0 Å². The summed E-state index contributed by atoms with van der Waals surface area (Å²) in [5, 5.41) is 5.46.